The zero-order chi connectivity index (χ0) is 8.81. The molecule has 0 amide bonds. The van der Waals surface area contributed by atoms with Crippen LogP contribution < -0.4 is 0 Å². The summed E-state index contributed by atoms with van der Waals surface area (Å²) in [6.45, 7) is 2.66. The molecule has 1 aliphatic carbocycles. The molecule has 0 aromatic carbocycles. The average molecular weight is 165 g/mol. The SMILES string of the molecule is CCOC1C=CC(N=C=O)=CC1. The molecule has 0 saturated heterocycles. The van der Waals surface area contributed by atoms with Gasteiger partial charge >= 0.3 is 0 Å². The number of hydrogen-bond acceptors (Lipinski definition) is 3. The van der Waals surface area contributed by atoms with E-state index in [0.29, 0.717) is 12.3 Å². The van der Waals surface area contributed by atoms with Gasteiger partial charge in [-0.3, -0.25) is 0 Å². The first-order valence-electron chi connectivity index (χ1n) is 3.94. The molecule has 0 N–H and O–H groups in total. The van der Waals surface area contributed by atoms with Crippen LogP contribution in [0.5, 0.6) is 0 Å². The normalized spacial score (nSPS) is 21.4. The standard InChI is InChI=1S/C9H11NO2/c1-2-12-9-5-3-8(4-6-9)10-7-11/h3-5,9H,2,6H2,1H3. The first-order chi connectivity index (χ1) is 5.86. The number of carbonyl (C=O) groups excluding carboxylic acids is 1. The topological polar surface area (TPSA) is 38.7 Å². The van der Waals surface area contributed by atoms with Gasteiger partial charge in [-0.2, -0.15) is 4.99 Å². The van der Waals surface area contributed by atoms with E-state index >= 15 is 0 Å². The quantitative estimate of drug-likeness (QED) is 0.470. The van der Waals surface area contributed by atoms with Crippen molar-refractivity contribution in [2.45, 2.75) is 19.4 Å². The van der Waals surface area contributed by atoms with Crippen molar-refractivity contribution in [1.82, 2.24) is 0 Å². The molecule has 1 unspecified atom stereocenters. The Bertz CT molecular complexity index is 249. The maximum Gasteiger partial charge on any atom is 0.240 e. The fourth-order valence-electron chi connectivity index (χ4n) is 1.06. The second-order valence-corrected chi connectivity index (χ2v) is 2.42. The van der Waals surface area contributed by atoms with Crippen molar-refractivity contribution in [3.63, 3.8) is 0 Å². The molecular weight excluding hydrogens is 154 g/mol. The summed E-state index contributed by atoms with van der Waals surface area (Å²) >= 11 is 0. The lowest BCUT2D eigenvalue weighted by molar-refractivity contribution is 0.0975. The van der Waals surface area contributed by atoms with Gasteiger partial charge in [-0.05, 0) is 19.4 Å². The van der Waals surface area contributed by atoms with Gasteiger partial charge < -0.3 is 4.74 Å². The zero-order valence-corrected chi connectivity index (χ0v) is 6.99. The van der Waals surface area contributed by atoms with E-state index in [9.17, 15) is 4.79 Å². The van der Waals surface area contributed by atoms with Gasteiger partial charge in [0.2, 0.25) is 6.08 Å². The molecule has 0 bridgehead atoms. The van der Waals surface area contributed by atoms with Crippen LogP contribution in [0.1, 0.15) is 13.3 Å². The molecule has 1 atom stereocenters. The number of allylic oxidation sites excluding steroid dienone is 1. The zero-order valence-electron chi connectivity index (χ0n) is 6.99. The van der Waals surface area contributed by atoms with Crippen LogP contribution in [0.15, 0.2) is 28.9 Å². The minimum Gasteiger partial charge on any atom is -0.374 e. The van der Waals surface area contributed by atoms with Crippen molar-refractivity contribution < 1.29 is 9.53 Å². The Kier molecular flexibility index (Phi) is 3.45. The summed E-state index contributed by atoms with van der Waals surface area (Å²) in [4.78, 5) is 13.4. The van der Waals surface area contributed by atoms with Crippen molar-refractivity contribution in [1.29, 1.82) is 0 Å². The second-order valence-electron chi connectivity index (χ2n) is 2.42. The number of aliphatic imine (C=N–C) groups is 1. The predicted octanol–water partition coefficient (Wildman–Crippen LogP) is 1.57. The maximum absolute atomic E-state index is 9.88. The lowest BCUT2D eigenvalue weighted by Crippen LogP contribution is -2.10. The number of rotatable bonds is 3. The van der Waals surface area contributed by atoms with Crippen LogP contribution in [0.2, 0.25) is 0 Å². The molecule has 1 aliphatic rings. The predicted molar refractivity (Wildman–Crippen MR) is 45.4 cm³/mol. The summed E-state index contributed by atoms with van der Waals surface area (Å²) in [6, 6.07) is 0. The van der Waals surface area contributed by atoms with Crippen molar-refractivity contribution in [3.8, 4) is 0 Å². The highest BCUT2D eigenvalue weighted by Gasteiger charge is 2.06. The van der Waals surface area contributed by atoms with Gasteiger partial charge in [0.15, 0.2) is 0 Å². The minimum atomic E-state index is 0.139. The van der Waals surface area contributed by atoms with Crippen LogP contribution in [-0.4, -0.2) is 18.8 Å². The molecule has 0 fully saturated rings. The molecule has 0 aromatic heterocycles. The van der Waals surface area contributed by atoms with E-state index in [1.54, 1.807) is 6.08 Å². The number of isocyanates is 1. The molecule has 0 saturated carbocycles. The molecule has 0 radical (unpaired) electrons. The highest BCUT2D eigenvalue weighted by atomic mass is 16.5. The Morgan fingerprint density at radius 2 is 2.67 bits per heavy atom. The molecule has 1 rings (SSSR count). The van der Waals surface area contributed by atoms with Crippen LogP contribution in [0.25, 0.3) is 0 Å². The van der Waals surface area contributed by atoms with Crippen molar-refractivity contribution in [2.24, 2.45) is 4.99 Å². The number of ether oxygens (including phenoxy) is 1. The fraction of sp³-hybridized carbons (Fsp3) is 0.444. The van der Waals surface area contributed by atoms with Gasteiger partial charge in [0, 0.05) is 6.61 Å². The molecule has 0 aliphatic heterocycles. The third kappa shape index (κ3) is 2.46. The maximum atomic E-state index is 9.88. The Balaban J connectivity index is 2.49. The third-order valence-electron chi connectivity index (χ3n) is 1.60. The summed E-state index contributed by atoms with van der Waals surface area (Å²) in [5.41, 5.74) is 0.668. The lowest BCUT2D eigenvalue weighted by Gasteiger charge is -2.13. The van der Waals surface area contributed by atoms with E-state index in [0.717, 1.165) is 6.42 Å². The Morgan fingerprint density at radius 3 is 3.17 bits per heavy atom. The summed E-state index contributed by atoms with van der Waals surface area (Å²) in [7, 11) is 0. The van der Waals surface area contributed by atoms with Gasteiger partial charge in [-0.1, -0.05) is 12.2 Å². The van der Waals surface area contributed by atoms with E-state index < -0.39 is 0 Å². The van der Waals surface area contributed by atoms with Crippen LogP contribution in [-0.2, 0) is 9.53 Å². The van der Waals surface area contributed by atoms with Crippen LogP contribution in [0.3, 0.4) is 0 Å². The van der Waals surface area contributed by atoms with E-state index in [1.165, 1.54) is 6.08 Å². The smallest absolute Gasteiger partial charge is 0.240 e. The molecule has 3 heteroatoms. The Morgan fingerprint density at radius 1 is 1.83 bits per heavy atom. The van der Waals surface area contributed by atoms with E-state index in [1.807, 2.05) is 19.1 Å². The fourth-order valence-corrected chi connectivity index (χ4v) is 1.06. The molecule has 64 valence electrons. The average Bonchev–Trinajstić information content (AvgIpc) is 2.09. The summed E-state index contributed by atoms with van der Waals surface area (Å²) < 4.78 is 5.34. The molecule has 12 heavy (non-hydrogen) atoms. The second kappa shape index (κ2) is 4.65. The van der Waals surface area contributed by atoms with Crippen LogP contribution in [0, 0.1) is 0 Å². The summed E-state index contributed by atoms with van der Waals surface area (Å²) in [6.07, 6.45) is 7.96. The van der Waals surface area contributed by atoms with Gasteiger partial charge in [-0.15, -0.1) is 0 Å². The first-order valence-corrected chi connectivity index (χ1v) is 3.94. The minimum absolute atomic E-state index is 0.139. The molecule has 3 nitrogen and oxygen atoms in total. The van der Waals surface area contributed by atoms with E-state index in [4.69, 9.17) is 4.74 Å². The summed E-state index contributed by atoms with van der Waals surface area (Å²) in [5, 5.41) is 0. The molecule has 0 spiro atoms. The van der Waals surface area contributed by atoms with Gasteiger partial charge in [-0.25, -0.2) is 4.79 Å². The first kappa shape index (κ1) is 8.91. The van der Waals surface area contributed by atoms with Crippen molar-refractivity contribution >= 4 is 6.08 Å². The molecular formula is C9H11NO2. The van der Waals surface area contributed by atoms with Crippen molar-refractivity contribution in [2.75, 3.05) is 6.61 Å². The number of hydrogen-bond donors (Lipinski definition) is 0. The lowest BCUT2D eigenvalue weighted by atomic mass is 10.1. The van der Waals surface area contributed by atoms with Gasteiger partial charge in [0.1, 0.15) is 0 Å². The summed E-state index contributed by atoms with van der Waals surface area (Å²) in [5.74, 6) is 0. The van der Waals surface area contributed by atoms with E-state index in [2.05, 4.69) is 4.99 Å². The number of nitrogens with zero attached hydrogens (tertiary/aromatic N) is 1. The van der Waals surface area contributed by atoms with E-state index in [-0.39, 0.29) is 6.10 Å². The van der Waals surface area contributed by atoms with Crippen LogP contribution >= 0.6 is 0 Å². The molecule has 0 heterocycles. The Hall–Kier alpha value is -1.18. The van der Waals surface area contributed by atoms with Crippen LogP contribution in [0.4, 0.5) is 0 Å². The third-order valence-corrected chi connectivity index (χ3v) is 1.60. The Labute approximate surface area is 71.4 Å². The van der Waals surface area contributed by atoms with Gasteiger partial charge in [0.05, 0.1) is 11.8 Å². The monoisotopic (exact) mass is 165 g/mol. The highest BCUT2D eigenvalue weighted by molar-refractivity contribution is 5.40. The molecule has 0 aromatic rings. The largest absolute Gasteiger partial charge is 0.374 e. The highest BCUT2D eigenvalue weighted by Crippen LogP contribution is 2.13. The van der Waals surface area contributed by atoms with Crippen molar-refractivity contribution in [3.05, 3.63) is 23.9 Å². The van der Waals surface area contributed by atoms with Gasteiger partial charge in [0.25, 0.3) is 0 Å².